The van der Waals surface area contributed by atoms with Crippen LogP contribution in [-0.2, 0) is 11.8 Å². The van der Waals surface area contributed by atoms with E-state index < -0.39 is 0 Å². The van der Waals surface area contributed by atoms with Crippen molar-refractivity contribution in [2.45, 2.75) is 19.4 Å². The van der Waals surface area contributed by atoms with Crippen LogP contribution in [0.3, 0.4) is 0 Å². The lowest BCUT2D eigenvalue weighted by molar-refractivity contribution is 0.0728. The summed E-state index contributed by atoms with van der Waals surface area (Å²) >= 11 is 1.39. The van der Waals surface area contributed by atoms with E-state index in [4.69, 9.17) is 9.47 Å². The van der Waals surface area contributed by atoms with Crippen LogP contribution in [0, 0.1) is 6.92 Å². The first-order valence-corrected chi connectivity index (χ1v) is 12.3. The van der Waals surface area contributed by atoms with Crippen LogP contribution in [0.25, 0.3) is 21.1 Å². The summed E-state index contributed by atoms with van der Waals surface area (Å²) in [6.45, 7) is 3.24. The molecule has 1 atom stereocenters. The molecular formula is C26H28N4O4S. The van der Waals surface area contributed by atoms with Crippen molar-refractivity contribution in [3.05, 3.63) is 52.7 Å². The molecule has 0 N–H and O–H groups in total. The monoisotopic (exact) mass is 492 g/mol. The number of carbonyl (C=O) groups is 2. The van der Waals surface area contributed by atoms with E-state index >= 15 is 0 Å². The molecule has 9 heteroatoms. The van der Waals surface area contributed by atoms with Gasteiger partial charge in [-0.05, 0) is 31.5 Å². The Morgan fingerprint density at radius 2 is 2.00 bits per heavy atom. The Morgan fingerprint density at radius 3 is 2.71 bits per heavy atom. The molecule has 2 amide bonds. The molecule has 35 heavy (non-hydrogen) atoms. The second-order valence-electron chi connectivity index (χ2n) is 9.03. The highest BCUT2D eigenvalue weighted by atomic mass is 32.1. The summed E-state index contributed by atoms with van der Waals surface area (Å²) in [5.74, 6) is 1.27. The van der Waals surface area contributed by atoms with Crippen molar-refractivity contribution < 1.29 is 19.1 Å². The van der Waals surface area contributed by atoms with Gasteiger partial charge in [-0.25, -0.2) is 0 Å². The molecule has 1 unspecified atom stereocenters. The molecule has 8 nitrogen and oxygen atoms in total. The number of likely N-dealkylation sites (tertiary alicyclic amines) is 1. The number of amides is 2. The van der Waals surface area contributed by atoms with E-state index in [0.29, 0.717) is 35.0 Å². The summed E-state index contributed by atoms with van der Waals surface area (Å²) in [6, 6.07) is 9.38. The third-order valence-corrected chi connectivity index (χ3v) is 7.79. The number of carbonyl (C=O) groups excluding carboxylic acids is 2. The van der Waals surface area contributed by atoms with Gasteiger partial charge in [0.2, 0.25) is 0 Å². The Labute approximate surface area is 207 Å². The minimum Gasteiger partial charge on any atom is -0.456 e. The van der Waals surface area contributed by atoms with Crippen LogP contribution in [0.2, 0.25) is 0 Å². The third kappa shape index (κ3) is 4.04. The topological polar surface area (TPSA) is 76.9 Å². The van der Waals surface area contributed by atoms with E-state index in [1.807, 2.05) is 53.8 Å². The summed E-state index contributed by atoms with van der Waals surface area (Å²) in [5.41, 5.74) is 3.25. The zero-order valence-electron chi connectivity index (χ0n) is 20.5. The first-order valence-electron chi connectivity index (χ1n) is 11.5. The number of rotatable bonds is 5. The molecule has 0 saturated carbocycles. The first-order chi connectivity index (χ1) is 16.8. The van der Waals surface area contributed by atoms with Crippen LogP contribution in [0.5, 0.6) is 11.5 Å². The fourth-order valence-corrected chi connectivity index (χ4v) is 5.62. The number of aryl methyl sites for hydroxylation is 1. The molecule has 5 rings (SSSR count). The molecule has 0 aliphatic carbocycles. The summed E-state index contributed by atoms with van der Waals surface area (Å²) in [5, 5.41) is 0.889. The number of methoxy groups -OCH3 is 1. The maximum Gasteiger partial charge on any atom is 0.264 e. The zero-order chi connectivity index (χ0) is 24.9. The molecule has 4 heterocycles. The van der Waals surface area contributed by atoms with Crippen LogP contribution in [0.1, 0.15) is 32.1 Å². The molecule has 0 radical (unpaired) electrons. The third-order valence-electron chi connectivity index (χ3n) is 6.66. The Balaban J connectivity index is 1.47. The van der Waals surface area contributed by atoms with E-state index in [1.165, 1.54) is 11.3 Å². The predicted molar refractivity (Wildman–Crippen MR) is 137 cm³/mol. The SMILES string of the molecule is COC1CCN(C(=O)c2cc3nccc(Oc4ccc5c(C(=O)N(C)C)c(C)n(C)c5c4)c3s2)C1. The van der Waals surface area contributed by atoms with Crippen molar-refractivity contribution in [1.29, 1.82) is 0 Å². The van der Waals surface area contributed by atoms with E-state index in [1.54, 1.807) is 32.3 Å². The van der Waals surface area contributed by atoms with Crippen LogP contribution in [-0.4, -0.2) is 71.6 Å². The van der Waals surface area contributed by atoms with Gasteiger partial charge in [0.15, 0.2) is 0 Å². The standard InChI is InChI=1S/C26H28N4O4S/c1-15-23(26(32)28(2)3)18-7-6-16(12-20(18)29(15)4)34-21-8-10-27-19-13-22(35-24(19)21)25(31)30-11-9-17(14-30)33-5/h6-8,10,12-13,17H,9,11,14H2,1-5H3. The molecule has 3 aromatic heterocycles. The quantitative estimate of drug-likeness (QED) is 0.411. The van der Waals surface area contributed by atoms with Gasteiger partial charge in [0.1, 0.15) is 11.5 Å². The second-order valence-corrected chi connectivity index (χ2v) is 10.1. The molecule has 182 valence electrons. The van der Waals surface area contributed by atoms with E-state index in [-0.39, 0.29) is 17.9 Å². The Hall–Kier alpha value is -3.43. The maximum atomic E-state index is 13.0. The van der Waals surface area contributed by atoms with Gasteiger partial charge in [0, 0.05) is 70.8 Å². The lowest BCUT2D eigenvalue weighted by atomic mass is 10.1. The average molecular weight is 493 g/mol. The van der Waals surface area contributed by atoms with Crippen molar-refractivity contribution in [2.24, 2.45) is 7.05 Å². The number of pyridine rings is 1. The molecule has 1 aliphatic heterocycles. The zero-order valence-corrected chi connectivity index (χ0v) is 21.3. The van der Waals surface area contributed by atoms with Crippen LogP contribution < -0.4 is 4.74 Å². The first kappa shape index (κ1) is 23.3. The molecule has 4 aromatic rings. The summed E-state index contributed by atoms with van der Waals surface area (Å²) < 4.78 is 14.5. The highest BCUT2D eigenvalue weighted by Gasteiger charge is 2.28. The molecular weight excluding hydrogens is 464 g/mol. The average Bonchev–Trinajstić information content (AvgIpc) is 3.56. The summed E-state index contributed by atoms with van der Waals surface area (Å²) in [6.07, 6.45) is 2.63. The number of fused-ring (bicyclic) bond motifs is 2. The van der Waals surface area contributed by atoms with Crippen LogP contribution in [0.15, 0.2) is 36.5 Å². The van der Waals surface area contributed by atoms with Crippen molar-refractivity contribution in [3.63, 3.8) is 0 Å². The van der Waals surface area contributed by atoms with Crippen LogP contribution >= 0.6 is 11.3 Å². The number of ether oxygens (including phenoxy) is 2. The van der Waals surface area contributed by atoms with Crippen molar-refractivity contribution >= 4 is 44.3 Å². The van der Waals surface area contributed by atoms with Crippen LogP contribution in [0.4, 0.5) is 0 Å². The lowest BCUT2D eigenvalue weighted by Gasteiger charge is -2.14. The molecule has 0 spiro atoms. The minimum absolute atomic E-state index is 0.00251. The maximum absolute atomic E-state index is 13.0. The lowest BCUT2D eigenvalue weighted by Crippen LogP contribution is -2.29. The van der Waals surface area contributed by atoms with Gasteiger partial charge in [-0.1, -0.05) is 0 Å². The number of hydrogen-bond donors (Lipinski definition) is 0. The second kappa shape index (κ2) is 8.98. The summed E-state index contributed by atoms with van der Waals surface area (Å²) in [4.78, 5) is 34.3. The van der Waals surface area contributed by atoms with E-state index in [9.17, 15) is 9.59 Å². The highest BCUT2D eigenvalue weighted by molar-refractivity contribution is 7.21. The van der Waals surface area contributed by atoms with Gasteiger partial charge in [0.05, 0.1) is 32.3 Å². The smallest absolute Gasteiger partial charge is 0.264 e. The molecule has 0 bridgehead atoms. The molecule has 1 saturated heterocycles. The van der Waals surface area contributed by atoms with Gasteiger partial charge in [-0.2, -0.15) is 0 Å². The van der Waals surface area contributed by atoms with Gasteiger partial charge >= 0.3 is 0 Å². The number of nitrogens with zero attached hydrogens (tertiary/aromatic N) is 4. The number of thiophene rings is 1. The largest absolute Gasteiger partial charge is 0.456 e. The highest BCUT2D eigenvalue weighted by Crippen LogP contribution is 2.37. The number of hydrogen-bond acceptors (Lipinski definition) is 6. The van der Waals surface area contributed by atoms with Gasteiger partial charge in [0.25, 0.3) is 11.8 Å². The minimum atomic E-state index is -0.0248. The fourth-order valence-electron chi connectivity index (χ4n) is 4.59. The van der Waals surface area contributed by atoms with E-state index in [2.05, 4.69) is 4.98 Å². The molecule has 1 aromatic carbocycles. The molecule has 1 fully saturated rings. The summed E-state index contributed by atoms with van der Waals surface area (Å²) in [7, 11) is 7.14. The van der Waals surface area contributed by atoms with Crippen molar-refractivity contribution in [1.82, 2.24) is 19.4 Å². The Bertz CT molecular complexity index is 1450. The number of benzene rings is 1. The fraction of sp³-hybridized carbons (Fsp3) is 0.346. The molecule has 1 aliphatic rings. The predicted octanol–water partition coefficient (Wildman–Crippen LogP) is 4.45. The van der Waals surface area contributed by atoms with Gasteiger partial charge in [-0.15, -0.1) is 11.3 Å². The van der Waals surface area contributed by atoms with Gasteiger partial charge in [-0.3, -0.25) is 14.6 Å². The normalized spacial score (nSPS) is 15.8. The number of aromatic nitrogens is 2. The van der Waals surface area contributed by atoms with Crippen molar-refractivity contribution in [2.75, 3.05) is 34.3 Å². The van der Waals surface area contributed by atoms with Crippen molar-refractivity contribution in [3.8, 4) is 11.5 Å². The van der Waals surface area contributed by atoms with Gasteiger partial charge < -0.3 is 23.8 Å². The Kier molecular flexibility index (Phi) is 5.98. The van der Waals surface area contributed by atoms with E-state index in [0.717, 1.165) is 33.2 Å². The Morgan fingerprint density at radius 1 is 1.20 bits per heavy atom.